The minimum absolute atomic E-state index is 0.0343. The third kappa shape index (κ3) is 4.64. The van der Waals surface area contributed by atoms with Crippen molar-refractivity contribution in [3.05, 3.63) is 47.5 Å². The van der Waals surface area contributed by atoms with Crippen LogP contribution in [0.1, 0.15) is 24.5 Å². The molecule has 172 valence electrons. The van der Waals surface area contributed by atoms with Gasteiger partial charge in [-0.25, -0.2) is 13.2 Å². The van der Waals surface area contributed by atoms with Crippen LogP contribution < -0.4 is 19.1 Å². The molecule has 1 aliphatic heterocycles. The molecule has 0 aliphatic carbocycles. The molecule has 1 aliphatic rings. The van der Waals surface area contributed by atoms with E-state index >= 15 is 0 Å². The van der Waals surface area contributed by atoms with Crippen molar-refractivity contribution in [1.82, 2.24) is 5.32 Å². The minimum atomic E-state index is -4.12. The maximum atomic E-state index is 13.7. The van der Waals surface area contributed by atoms with Gasteiger partial charge in [0, 0.05) is 12.1 Å². The summed E-state index contributed by atoms with van der Waals surface area (Å²) in [6.45, 7) is 4.85. The first-order valence-corrected chi connectivity index (χ1v) is 11.6. The van der Waals surface area contributed by atoms with Crippen LogP contribution in [-0.4, -0.2) is 51.2 Å². The van der Waals surface area contributed by atoms with E-state index < -0.39 is 34.6 Å². The van der Waals surface area contributed by atoms with Crippen LogP contribution in [0.25, 0.3) is 0 Å². The Balaban J connectivity index is 2.04. The minimum Gasteiger partial charge on any atom is -0.481 e. The molecule has 3 rings (SSSR count). The number of carbonyl (C=O) groups excluding carboxylic acids is 1. The summed E-state index contributed by atoms with van der Waals surface area (Å²) >= 11 is 0. The Labute approximate surface area is 187 Å². The quantitative estimate of drug-likeness (QED) is 0.617. The van der Waals surface area contributed by atoms with E-state index in [9.17, 15) is 18.0 Å². The van der Waals surface area contributed by atoms with Crippen molar-refractivity contribution in [2.75, 3.05) is 24.0 Å². The van der Waals surface area contributed by atoms with Gasteiger partial charge in [0.2, 0.25) is 0 Å². The monoisotopic (exact) mass is 462 g/mol. The van der Waals surface area contributed by atoms with Gasteiger partial charge in [0.25, 0.3) is 15.9 Å². The number of amides is 1. The molecule has 10 heteroatoms. The number of carboxylic acids is 1. The number of carboxylic acid groups (broad SMARTS) is 1. The standard InChI is InChI=1S/C22H26N2O7S/c1-4-11-23-22(27)18-12-24(16-7-5-6-8-17(16)31-18)32(28,29)19-10-9-14(2)21(15(19)3)30-13-20(25)26/h5-10,18H,4,11-13H2,1-3H3,(H,23,27)(H,25,26). The van der Waals surface area contributed by atoms with Gasteiger partial charge in [-0.05, 0) is 44.0 Å². The van der Waals surface area contributed by atoms with Gasteiger partial charge in [0.1, 0.15) is 11.5 Å². The van der Waals surface area contributed by atoms with Crippen molar-refractivity contribution in [3.63, 3.8) is 0 Å². The molecule has 1 unspecified atom stereocenters. The zero-order valence-corrected chi connectivity index (χ0v) is 18.9. The van der Waals surface area contributed by atoms with Gasteiger partial charge >= 0.3 is 5.97 Å². The van der Waals surface area contributed by atoms with E-state index in [1.165, 1.54) is 6.07 Å². The van der Waals surface area contributed by atoms with Crippen LogP contribution in [0.2, 0.25) is 0 Å². The number of sulfonamides is 1. The van der Waals surface area contributed by atoms with Crippen LogP contribution in [0.15, 0.2) is 41.3 Å². The maximum Gasteiger partial charge on any atom is 0.341 e. The molecule has 32 heavy (non-hydrogen) atoms. The second-order valence-corrected chi connectivity index (χ2v) is 9.25. The fourth-order valence-corrected chi connectivity index (χ4v) is 5.19. The summed E-state index contributed by atoms with van der Waals surface area (Å²) in [4.78, 5) is 23.5. The molecule has 1 amide bonds. The second kappa shape index (κ2) is 9.47. The van der Waals surface area contributed by atoms with E-state index in [0.717, 1.165) is 10.7 Å². The highest BCUT2D eigenvalue weighted by molar-refractivity contribution is 7.93. The summed E-state index contributed by atoms with van der Waals surface area (Å²) in [6, 6.07) is 9.63. The highest BCUT2D eigenvalue weighted by Crippen LogP contribution is 2.39. The number of para-hydroxylation sites is 2. The van der Waals surface area contributed by atoms with E-state index in [2.05, 4.69) is 5.32 Å². The average molecular weight is 463 g/mol. The van der Waals surface area contributed by atoms with Gasteiger partial charge in [-0.3, -0.25) is 9.10 Å². The first kappa shape index (κ1) is 23.4. The number of hydrogen-bond acceptors (Lipinski definition) is 6. The van der Waals surface area contributed by atoms with Gasteiger partial charge in [0.15, 0.2) is 12.7 Å². The lowest BCUT2D eigenvalue weighted by Gasteiger charge is -2.35. The van der Waals surface area contributed by atoms with Crippen molar-refractivity contribution < 1.29 is 32.6 Å². The number of nitrogens with one attached hydrogen (secondary N) is 1. The molecule has 1 heterocycles. The van der Waals surface area contributed by atoms with Crippen LogP contribution >= 0.6 is 0 Å². The second-order valence-electron chi connectivity index (χ2n) is 7.42. The lowest BCUT2D eigenvalue weighted by molar-refractivity contribution is -0.139. The molecule has 0 saturated carbocycles. The predicted octanol–water partition coefficient (Wildman–Crippen LogP) is 2.25. The van der Waals surface area contributed by atoms with Gasteiger partial charge in [-0.1, -0.05) is 25.1 Å². The van der Waals surface area contributed by atoms with Crippen molar-refractivity contribution >= 4 is 27.6 Å². The molecule has 2 aromatic carbocycles. The van der Waals surface area contributed by atoms with E-state index in [4.69, 9.17) is 14.6 Å². The fourth-order valence-electron chi connectivity index (χ4n) is 3.49. The van der Waals surface area contributed by atoms with Crippen molar-refractivity contribution in [2.45, 2.75) is 38.2 Å². The van der Waals surface area contributed by atoms with E-state index in [0.29, 0.717) is 23.4 Å². The first-order chi connectivity index (χ1) is 15.2. The Morgan fingerprint density at radius 1 is 1.22 bits per heavy atom. The molecule has 9 nitrogen and oxygen atoms in total. The number of hydrogen-bond donors (Lipinski definition) is 2. The number of nitrogens with zero attached hydrogens (tertiary/aromatic N) is 1. The molecule has 2 N–H and O–H groups in total. The van der Waals surface area contributed by atoms with E-state index in [1.54, 1.807) is 44.2 Å². The fraction of sp³-hybridized carbons (Fsp3) is 0.364. The largest absolute Gasteiger partial charge is 0.481 e. The number of anilines is 1. The van der Waals surface area contributed by atoms with Crippen LogP contribution in [0.3, 0.4) is 0 Å². The lowest BCUT2D eigenvalue weighted by atomic mass is 10.1. The Hall–Kier alpha value is -3.27. The summed E-state index contributed by atoms with van der Waals surface area (Å²) in [7, 11) is -4.12. The summed E-state index contributed by atoms with van der Waals surface area (Å²) in [5.41, 5.74) is 1.23. The van der Waals surface area contributed by atoms with Gasteiger partial charge in [-0.15, -0.1) is 0 Å². The normalized spacial score (nSPS) is 15.5. The lowest BCUT2D eigenvalue weighted by Crippen LogP contribution is -2.50. The third-order valence-electron chi connectivity index (χ3n) is 5.04. The zero-order chi connectivity index (χ0) is 23.5. The van der Waals surface area contributed by atoms with Crippen molar-refractivity contribution in [1.29, 1.82) is 0 Å². The SMILES string of the molecule is CCCNC(=O)C1CN(S(=O)(=O)c2ccc(C)c(OCC(=O)O)c2C)c2ccccc2O1. The highest BCUT2D eigenvalue weighted by Gasteiger charge is 2.38. The Morgan fingerprint density at radius 2 is 1.94 bits per heavy atom. The number of ether oxygens (including phenoxy) is 2. The number of carbonyl (C=O) groups is 2. The molecular formula is C22H26N2O7S. The third-order valence-corrected chi connectivity index (χ3v) is 6.96. The van der Waals surface area contributed by atoms with Crippen LogP contribution in [-0.2, 0) is 19.6 Å². The summed E-state index contributed by atoms with van der Waals surface area (Å²) < 4.78 is 39.7. The molecule has 2 aromatic rings. The molecule has 1 atom stereocenters. The Morgan fingerprint density at radius 3 is 2.62 bits per heavy atom. The number of rotatable bonds is 8. The molecule has 0 bridgehead atoms. The Bertz CT molecular complexity index is 1130. The molecule has 0 radical (unpaired) electrons. The summed E-state index contributed by atoms with van der Waals surface area (Å²) in [5.74, 6) is -1.08. The van der Waals surface area contributed by atoms with Crippen LogP contribution in [0.4, 0.5) is 5.69 Å². The van der Waals surface area contributed by atoms with Crippen molar-refractivity contribution in [3.8, 4) is 11.5 Å². The number of aliphatic carboxylic acids is 1. The number of benzene rings is 2. The van der Waals surface area contributed by atoms with Crippen LogP contribution in [0.5, 0.6) is 11.5 Å². The molecule has 0 aromatic heterocycles. The predicted molar refractivity (Wildman–Crippen MR) is 118 cm³/mol. The maximum absolute atomic E-state index is 13.7. The van der Waals surface area contributed by atoms with Crippen LogP contribution in [0, 0.1) is 13.8 Å². The molecule has 0 saturated heterocycles. The smallest absolute Gasteiger partial charge is 0.341 e. The van der Waals surface area contributed by atoms with Gasteiger partial charge in [0.05, 0.1) is 17.1 Å². The van der Waals surface area contributed by atoms with E-state index in [1.807, 2.05) is 6.92 Å². The molecule has 0 fully saturated rings. The van der Waals surface area contributed by atoms with E-state index in [-0.39, 0.29) is 22.9 Å². The average Bonchev–Trinajstić information content (AvgIpc) is 2.76. The number of fused-ring (bicyclic) bond motifs is 1. The topological polar surface area (TPSA) is 122 Å². The number of aryl methyl sites for hydroxylation is 1. The summed E-state index contributed by atoms with van der Waals surface area (Å²) in [6.07, 6.45) is -0.279. The first-order valence-electron chi connectivity index (χ1n) is 10.2. The highest BCUT2D eigenvalue weighted by atomic mass is 32.2. The van der Waals surface area contributed by atoms with Gasteiger partial charge in [-0.2, -0.15) is 0 Å². The molecular weight excluding hydrogens is 436 g/mol. The summed E-state index contributed by atoms with van der Waals surface area (Å²) in [5, 5.41) is 11.7. The van der Waals surface area contributed by atoms with Gasteiger partial charge < -0.3 is 19.9 Å². The zero-order valence-electron chi connectivity index (χ0n) is 18.1. The Kier molecular flexibility index (Phi) is 6.93. The molecule has 0 spiro atoms. The van der Waals surface area contributed by atoms with Crippen molar-refractivity contribution in [2.24, 2.45) is 0 Å².